The number of pyridine rings is 1. The minimum atomic E-state index is -0.822. The van der Waals surface area contributed by atoms with Gasteiger partial charge in [-0.3, -0.25) is 20.6 Å². The van der Waals surface area contributed by atoms with E-state index in [1.54, 1.807) is 0 Å². The van der Waals surface area contributed by atoms with Crippen LogP contribution in [0.1, 0.15) is 5.56 Å². The normalized spacial score (nSPS) is 9.86. The third kappa shape index (κ3) is 4.91. The number of benzene rings is 1. The molecule has 2 aromatic rings. The van der Waals surface area contributed by atoms with Crippen LogP contribution in [0.5, 0.6) is 0 Å². The predicted octanol–water partition coefficient (Wildman–Crippen LogP) is 1.24. The molecular formula is C12H10F2KN3OS2. The molecule has 0 fully saturated rings. The van der Waals surface area contributed by atoms with Crippen molar-refractivity contribution in [2.75, 3.05) is 0 Å². The minimum absolute atomic E-state index is 0. The Morgan fingerprint density at radius 3 is 2.76 bits per heavy atom. The van der Waals surface area contributed by atoms with Gasteiger partial charge in [0, 0.05) is 23.2 Å². The molecule has 1 aromatic carbocycles. The standard InChI is InChI=1S/C12H9F2N3OS2.K.H/c13-8-5-9-6(2-1-3-15-9)11(14)7(8)4-10(18)16-17-12(19)20;;/h1-3,5H,4H2,(H,16,18)(H2,17,19,20);;. The molecule has 0 saturated heterocycles. The molecule has 1 amide bonds. The molecule has 0 aliphatic rings. The van der Waals surface area contributed by atoms with E-state index in [-0.39, 0.29) is 72.2 Å². The van der Waals surface area contributed by atoms with Gasteiger partial charge in [0.2, 0.25) is 5.91 Å². The maximum atomic E-state index is 14.2. The van der Waals surface area contributed by atoms with E-state index in [9.17, 15) is 13.6 Å². The van der Waals surface area contributed by atoms with Crippen LogP contribution in [0.4, 0.5) is 8.78 Å². The number of halogens is 2. The van der Waals surface area contributed by atoms with E-state index in [0.29, 0.717) is 0 Å². The first-order valence-corrected chi connectivity index (χ1v) is 6.34. The summed E-state index contributed by atoms with van der Waals surface area (Å²) in [6.07, 6.45) is 0.969. The third-order valence-corrected chi connectivity index (χ3v) is 2.75. The van der Waals surface area contributed by atoms with Crippen LogP contribution < -0.4 is 10.9 Å². The average Bonchev–Trinajstić information content (AvgIpc) is 2.41. The van der Waals surface area contributed by atoms with E-state index in [1.165, 1.54) is 18.3 Å². The Morgan fingerprint density at radius 2 is 2.10 bits per heavy atom. The van der Waals surface area contributed by atoms with E-state index < -0.39 is 24.0 Å². The molecule has 0 atom stereocenters. The van der Waals surface area contributed by atoms with Crippen molar-refractivity contribution >= 4 is 97.4 Å². The second-order valence-corrected chi connectivity index (χ2v) is 5.03. The number of carbonyl (C=O) groups is 1. The van der Waals surface area contributed by atoms with Crippen LogP contribution >= 0.6 is 24.8 Å². The fourth-order valence-corrected chi connectivity index (χ4v) is 1.79. The summed E-state index contributed by atoms with van der Waals surface area (Å²) in [5.74, 6) is -2.25. The number of thiocarbonyl (C=S) groups is 1. The fourth-order valence-electron chi connectivity index (χ4n) is 1.68. The van der Waals surface area contributed by atoms with E-state index in [1.807, 2.05) is 0 Å². The zero-order chi connectivity index (χ0) is 14.7. The van der Waals surface area contributed by atoms with Crippen molar-refractivity contribution in [2.24, 2.45) is 0 Å². The van der Waals surface area contributed by atoms with Gasteiger partial charge in [-0.05, 0) is 12.1 Å². The first-order chi connectivity index (χ1) is 9.49. The number of nitrogens with zero attached hydrogens (tertiary/aromatic N) is 1. The second-order valence-electron chi connectivity index (χ2n) is 3.88. The number of fused-ring (bicyclic) bond motifs is 1. The molecule has 0 aliphatic carbocycles. The second kappa shape index (κ2) is 8.46. The molecule has 9 heteroatoms. The number of hydrogen-bond acceptors (Lipinski definition) is 3. The van der Waals surface area contributed by atoms with Gasteiger partial charge in [0.1, 0.15) is 16.0 Å². The van der Waals surface area contributed by atoms with Gasteiger partial charge in [0.15, 0.2) is 0 Å². The number of rotatable bonds is 2. The molecule has 0 saturated carbocycles. The number of nitrogens with one attached hydrogen (secondary N) is 2. The van der Waals surface area contributed by atoms with E-state index >= 15 is 0 Å². The third-order valence-electron chi connectivity index (χ3n) is 2.54. The molecule has 0 bridgehead atoms. The summed E-state index contributed by atoms with van der Waals surface area (Å²) in [7, 11) is 0. The summed E-state index contributed by atoms with van der Waals surface area (Å²) in [5.41, 5.74) is 4.33. The Morgan fingerprint density at radius 1 is 1.38 bits per heavy atom. The number of hydrogen-bond donors (Lipinski definition) is 3. The summed E-state index contributed by atoms with van der Waals surface area (Å²) < 4.78 is 28.0. The number of hydrazine groups is 1. The Kier molecular flexibility index (Phi) is 7.61. The summed E-state index contributed by atoms with van der Waals surface area (Å²) in [6.45, 7) is 0. The molecule has 0 radical (unpaired) electrons. The van der Waals surface area contributed by atoms with Crippen molar-refractivity contribution < 1.29 is 13.6 Å². The number of aromatic nitrogens is 1. The molecular weight excluding hydrogens is 343 g/mol. The summed E-state index contributed by atoms with van der Waals surface area (Å²) in [4.78, 5) is 15.4. The molecule has 0 spiro atoms. The summed E-state index contributed by atoms with van der Waals surface area (Å²) in [5, 5.41) is 0.161. The Labute approximate surface area is 172 Å². The van der Waals surface area contributed by atoms with Crippen LogP contribution in [-0.2, 0) is 11.2 Å². The van der Waals surface area contributed by atoms with Crippen LogP contribution in [0.25, 0.3) is 10.9 Å². The molecule has 2 rings (SSSR count). The molecule has 1 aromatic heterocycles. The van der Waals surface area contributed by atoms with Crippen molar-refractivity contribution in [3.05, 3.63) is 41.6 Å². The first kappa shape index (κ1) is 18.9. The van der Waals surface area contributed by atoms with Gasteiger partial charge < -0.3 is 0 Å². The zero-order valence-corrected chi connectivity index (χ0v) is 11.7. The Balaban J connectivity index is 0.00000220. The van der Waals surface area contributed by atoms with E-state index in [0.717, 1.165) is 6.07 Å². The van der Waals surface area contributed by atoms with Crippen LogP contribution in [-0.4, -0.2) is 66.6 Å². The SMILES string of the molecule is O=C(Cc1c(F)cc2ncccc2c1F)NNC(=S)S.[KH]. The monoisotopic (exact) mass is 353 g/mol. The molecule has 21 heavy (non-hydrogen) atoms. The van der Waals surface area contributed by atoms with Crippen LogP contribution in [0.3, 0.4) is 0 Å². The van der Waals surface area contributed by atoms with Gasteiger partial charge in [-0.1, -0.05) is 12.2 Å². The van der Waals surface area contributed by atoms with Gasteiger partial charge in [-0.2, -0.15) is 0 Å². The van der Waals surface area contributed by atoms with Crippen molar-refractivity contribution in [3.63, 3.8) is 0 Å². The number of amides is 1. The average molecular weight is 353 g/mol. The molecule has 0 unspecified atom stereocenters. The molecule has 2 N–H and O–H groups in total. The van der Waals surface area contributed by atoms with Crippen molar-refractivity contribution in [1.29, 1.82) is 0 Å². The van der Waals surface area contributed by atoms with Gasteiger partial charge in [-0.25, -0.2) is 8.78 Å². The summed E-state index contributed by atoms with van der Waals surface area (Å²) in [6, 6.07) is 4.10. The Bertz CT molecular complexity index is 700. The zero-order valence-electron chi connectivity index (χ0n) is 9.98. The van der Waals surface area contributed by atoms with Gasteiger partial charge >= 0.3 is 51.4 Å². The number of carbonyl (C=O) groups excluding carboxylic acids is 1. The van der Waals surface area contributed by atoms with Crippen molar-refractivity contribution in [2.45, 2.75) is 6.42 Å². The van der Waals surface area contributed by atoms with Gasteiger partial charge in [0.25, 0.3) is 0 Å². The fraction of sp³-hybridized carbons (Fsp3) is 0.0833. The molecule has 0 aliphatic heterocycles. The maximum absolute atomic E-state index is 14.2. The quantitative estimate of drug-likeness (QED) is 0.329. The van der Waals surface area contributed by atoms with Crippen LogP contribution in [0, 0.1) is 11.6 Å². The van der Waals surface area contributed by atoms with Crippen LogP contribution in [0.2, 0.25) is 0 Å². The van der Waals surface area contributed by atoms with Crippen molar-refractivity contribution in [3.8, 4) is 0 Å². The van der Waals surface area contributed by atoms with Crippen molar-refractivity contribution in [1.82, 2.24) is 15.8 Å². The van der Waals surface area contributed by atoms with Gasteiger partial charge in [-0.15, -0.1) is 12.6 Å². The molecule has 4 nitrogen and oxygen atoms in total. The van der Waals surface area contributed by atoms with Gasteiger partial charge in [0.05, 0.1) is 11.9 Å². The molecule has 1 heterocycles. The first-order valence-electron chi connectivity index (χ1n) is 5.48. The number of thiol groups is 1. The molecule has 106 valence electrons. The Hall–Kier alpha value is -0.164. The van der Waals surface area contributed by atoms with E-state index in [2.05, 4.69) is 40.7 Å². The summed E-state index contributed by atoms with van der Waals surface area (Å²) >= 11 is 8.31. The predicted molar refractivity (Wildman–Crippen MR) is 85.4 cm³/mol. The van der Waals surface area contributed by atoms with E-state index in [4.69, 9.17) is 0 Å². The topological polar surface area (TPSA) is 54.0 Å². The van der Waals surface area contributed by atoms with Crippen LogP contribution in [0.15, 0.2) is 24.4 Å².